The van der Waals surface area contributed by atoms with Crippen molar-refractivity contribution < 1.29 is 0 Å². The minimum Gasteiger partial charge on any atom is -0.346 e. The monoisotopic (exact) mass is 274 g/mol. The van der Waals surface area contributed by atoms with Gasteiger partial charge in [-0.05, 0) is 37.7 Å². The second kappa shape index (κ2) is 4.88. The fourth-order valence-corrected chi connectivity index (χ4v) is 3.64. The van der Waals surface area contributed by atoms with Gasteiger partial charge >= 0.3 is 0 Å². The predicted octanol–water partition coefficient (Wildman–Crippen LogP) is 3.47. The van der Waals surface area contributed by atoms with E-state index in [1.807, 2.05) is 11.8 Å². The number of hydrogen-bond donors (Lipinski definition) is 1. The van der Waals surface area contributed by atoms with Crippen LogP contribution in [0.25, 0.3) is 10.9 Å². The summed E-state index contributed by atoms with van der Waals surface area (Å²) in [4.78, 5) is 0. The van der Waals surface area contributed by atoms with Crippen LogP contribution in [-0.2, 0) is 13.6 Å². The van der Waals surface area contributed by atoms with Gasteiger partial charge in [-0.1, -0.05) is 18.2 Å². The number of thioether (sulfide) groups is 1. The van der Waals surface area contributed by atoms with Crippen molar-refractivity contribution in [1.29, 1.82) is 0 Å². The van der Waals surface area contributed by atoms with Crippen LogP contribution in [0.3, 0.4) is 0 Å². The molecule has 1 aliphatic carbocycles. The number of para-hydroxylation sites is 1. The molecule has 0 unspecified atom stereocenters. The molecule has 1 heterocycles. The van der Waals surface area contributed by atoms with Gasteiger partial charge < -0.3 is 9.88 Å². The van der Waals surface area contributed by atoms with Crippen LogP contribution in [0.4, 0.5) is 0 Å². The van der Waals surface area contributed by atoms with Crippen molar-refractivity contribution in [3.8, 4) is 0 Å². The summed E-state index contributed by atoms with van der Waals surface area (Å²) in [5.41, 5.74) is 4.17. The van der Waals surface area contributed by atoms with Crippen LogP contribution in [0.1, 0.15) is 24.1 Å². The molecule has 0 atom stereocenters. The molecular formula is C16H22N2S. The highest BCUT2D eigenvalue weighted by molar-refractivity contribution is 8.00. The molecule has 3 heteroatoms. The molecule has 1 aromatic carbocycles. The molecule has 1 aromatic heterocycles. The molecule has 0 radical (unpaired) electrons. The van der Waals surface area contributed by atoms with Crippen molar-refractivity contribution in [1.82, 2.24) is 9.88 Å². The van der Waals surface area contributed by atoms with Crippen LogP contribution in [0.15, 0.2) is 24.3 Å². The Balaban J connectivity index is 1.77. The number of hydrogen-bond acceptors (Lipinski definition) is 2. The maximum absolute atomic E-state index is 3.66. The third-order valence-electron chi connectivity index (χ3n) is 4.49. The van der Waals surface area contributed by atoms with Crippen molar-refractivity contribution in [3.63, 3.8) is 0 Å². The van der Waals surface area contributed by atoms with E-state index in [9.17, 15) is 0 Å². The minimum atomic E-state index is 0.540. The van der Waals surface area contributed by atoms with Gasteiger partial charge in [0.25, 0.3) is 0 Å². The second-order valence-corrected chi connectivity index (χ2v) is 6.91. The Morgan fingerprint density at radius 2 is 2.05 bits per heavy atom. The van der Waals surface area contributed by atoms with E-state index in [2.05, 4.69) is 54.4 Å². The Bertz CT molecular complexity index is 557. The van der Waals surface area contributed by atoms with Gasteiger partial charge in [0, 0.05) is 41.5 Å². The average Bonchev–Trinajstić information content (AvgIpc) is 3.18. The number of fused-ring (bicyclic) bond motifs is 1. The average molecular weight is 274 g/mol. The first kappa shape index (κ1) is 13.1. The molecule has 1 fully saturated rings. The molecule has 0 bridgehead atoms. The summed E-state index contributed by atoms with van der Waals surface area (Å²) in [5.74, 6) is 0. The summed E-state index contributed by atoms with van der Waals surface area (Å²) in [6.45, 7) is 4.34. The smallest absolute Gasteiger partial charge is 0.0483 e. The molecule has 19 heavy (non-hydrogen) atoms. The molecule has 2 aromatic rings. The van der Waals surface area contributed by atoms with E-state index in [4.69, 9.17) is 0 Å². The first-order valence-corrected chi connectivity index (χ1v) is 8.18. The maximum atomic E-state index is 3.66. The first-order chi connectivity index (χ1) is 9.17. The molecule has 0 spiro atoms. The largest absolute Gasteiger partial charge is 0.346 e. The molecule has 2 nitrogen and oxygen atoms in total. The van der Waals surface area contributed by atoms with Gasteiger partial charge in [-0.3, -0.25) is 0 Å². The quantitative estimate of drug-likeness (QED) is 0.899. The number of benzene rings is 1. The SMILES string of the molecule is CSC1(CNCc2c(C)c3ccccc3n2C)CC1. The van der Waals surface area contributed by atoms with Crippen LogP contribution < -0.4 is 5.32 Å². The van der Waals surface area contributed by atoms with Gasteiger partial charge in [0.2, 0.25) is 0 Å². The highest BCUT2D eigenvalue weighted by atomic mass is 32.2. The van der Waals surface area contributed by atoms with E-state index >= 15 is 0 Å². The fraction of sp³-hybridized carbons (Fsp3) is 0.500. The summed E-state index contributed by atoms with van der Waals surface area (Å²) < 4.78 is 2.87. The van der Waals surface area contributed by atoms with Crippen molar-refractivity contribution in [2.75, 3.05) is 12.8 Å². The first-order valence-electron chi connectivity index (χ1n) is 6.96. The number of nitrogens with one attached hydrogen (secondary N) is 1. The van der Waals surface area contributed by atoms with Gasteiger partial charge in [-0.15, -0.1) is 0 Å². The molecule has 0 aliphatic heterocycles. The second-order valence-electron chi connectivity index (χ2n) is 5.64. The number of aryl methyl sites for hydroxylation is 2. The molecule has 0 saturated heterocycles. The number of aromatic nitrogens is 1. The normalized spacial score (nSPS) is 17.0. The minimum absolute atomic E-state index is 0.540. The predicted molar refractivity (Wildman–Crippen MR) is 84.8 cm³/mol. The van der Waals surface area contributed by atoms with Gasteiger partial charge in [0.15, 0.2) is 0 Å². The topological polar surface area (TPSA) is 17.0 Å². The lowest BCUT2D eigenvalue weighted by Gasteiger charge is -2.14. The van der Waals surface area contributed by atoms with Crippen LogP contribution in [-0.4, -0.2) is 22.1 Å². The van der Waals surface area contributed by atoms with Crippen LogP contribution in [0, 0.1) is 6.92 Å². The zero-order valence-electron chi connectivity index (χ0n) is 12.0. The zero-order valence-corrected chi connectivity index (χ0v) is 12.8. The maximum Gasteiger partial charge on any atom is 0.0483 e. The molecular weight excluding hydrogens is 252 g/mol. The van der Waals surface area contributed by atoms with Crippen molar-refractivity contribution >= 4 is 22.7 Å². The Hall–Kier alpha value is -0.930. The Morgan fingerprint density at radius 1 is 1.32 bits per heavy atom. The van der Waals surface area contributed by atoms with Gasteiger partial charge in [-0.2, -0.15) is 11.8 Å². The highest BCUT2D eigenvalue weighted by Gasteiger charge is 2.41. The number of rotatable bonds is 5. The van der Waals surface area contributed by atoms with E-state index < -0.39 is 0 Å². The highest BCUT2D eigenvalue weighted by Crippen LogP contribution is 2.46. The Kier molecular flexibility index (Phi) is 3.35. The molecule has 1 saturated carbocycles. The van der Waals surface area contributed by atoms with E-state index in [0.29, 0.717) is 4.75 Å². The summed E-state index contributed by atoms with van der Waals surface area (Å²) >= 11 is 2.02. The van der Waals surface area contributed by atoms with E-state index in [1.165, 1.54) is 35.0 Å². The Morgan fingerprint density at radius 3 is 2.68 bits per heavy atom. The summed E-state index contributed by atoms with van der Waals surface area (Å²) in [5, 5.41) is 5.04. The lowest BCUT2D eigenvalue weighted by molar-refractivity contribution is 0.636. The third kappa shape index (κ3) is 2.30. The van der Waals surface area contributed by atoms with Crippen LogP contribution >= 0.6 is 11.8 Å². The summed E-state index contributed by atoms with van der Waals surface area (Å²) in [6.07, 6.45) is 4.97. The van der Waals surface area contributed by atoms with Crippen molar-refractivity contribution in [3.05, 3.63) is 35.5 Å². The lowest BCUT2D eigenvalue weighted by atomic mass is 10.1. The fourth-order valence-electron chi connectivity index (χ4n) is 2.89. The van der Waals surface area contributed by atoms with Gasteiger partial charge in [0.05, 0.1) is 0 Å². The zero-order chi connectivity index (χ0) is 13.5. The summed E-state index contributed by atoms with van der Waals surface area (Å²) in [7, 11) is 2.17. The molecule has 1 N–H and O–H groups in total. The standard InChI is InChI=1S/C16H22N2S/c1-12-13-6-4-5-7-14(13)18(2)15(12)10-17-11-16(19-3)8-9-16/h4-7,17H,8-11H2,1-3H3. The van der Waals surface area contributed by atoms with Gasteiger partial charge in [-0.25, -0.2) is 0 Å². The van der Waals surface area contributed by atoms with E-state index in [1.54, 1.807) is 0 Å². The molecule has 0 amide bonds. The van der Waals surface area contributed by atoms with Gasteiger partial charge in [0.1, 0.15) is 0 Å². The third-order valence-corrected chi connectivity index (χ3v) is 5.91. The molecule has 102 valence electrons. The molecule has 3 rings (SSSR count). The van der Waals surface area contributed by atoms with Crippen LogP contribution in [0.2, 0.25) is 0 Å². The van der Waals surface area contributed by atoms with E-state index in [0.717, 1.165) is 13.1 Å². The lowest BCUT2D eigenvalue weighted by Crippen LogP contribution is -2.26. The van der Waals surface area contributed by atoms with Crippen molar-refractivity contribution in [2.24, 2.45) is 7.05 Å². The number of nitrogens with zero attached hydrogens (tertiary/aromatic N) is 1. The van der Waals surface area contributed by atoms with Crippen LogP contribution in [0.5, 0.6) is 0 Å². The van der Waals surface area contributed by atoms with E-state index in [-0.39, 0.29) is 0 Å². The Labute approximate surface area is 119 Å². The molecule has 1 aliphatic rings. The van der Waals surface area contributed by atoms with Crippen molar-refractivity contribution in [2.45, 2.75) is 31.1 Å². The summed E-state index contributed by atoms with van der Waals surface area (Å²) in [6, 6.07) is 8.67.